The monoisotopic (exact) mass is 440 g/mol. The molecule has 1 atom stereocenters. The first-order valence-corrected chi connectivity index (χ1v) is 11.1. The van der Waals surface area contributed by atoms with E-state index in [0.717, 1.165) is 0 Å². The molecule has 2 heterocycles. The molecule has 0 aromatic heterocycles. The first-order chi connectivity index (χ1) is 14.2. The normalized spacial score (nSPS) is 20.7. The SMILES string of the molecule is COc1ccc(N2CC(C(=O)N3CCN(S(=O)(=O)N(C)C)CC3)CC2=O)cc1OC. The summed E-state index contributed by atoms with van der Waals surface area (Å²) in [6.45, 7) is 1.39. The van der Waals surface area contributed by atoms with Gasteiger partial charge >= 0.3 is 0 Å². The van der Waals surface area contributed by atoms with E-state index in [0.29, 0.717) is 30.3 Å². The first kappa shape index (κ1) is 22.3. The molecule has 2 aliphatic rings. The lowest BCUT2D eigenvalue weighted by Crippen LogP contribution is -2.54. The first-order valence-electron chi connectivity index (χ1n) is 9.67. The molecule has 166 valence electrons. The molecule has 2 aliphatic heterocycles. The van der Waals surface area contributed by atoms with Gasteiger partial charge in [-0.05, 0) is 12.1 Å². The fraction of sp³-hybridized carbons (Fsp3) is 0.579. The van der Waals surface area contributed by atoms with Crippen molar-refractivity contribution in [1.82, 2.24) is 13.5 Å². The van der Waals surface area contributed by atoms with E-state index in [1.165, 1.54) is 36.9 Å². The van der Waals surface area contributed by atoms with Crippen LogP contribution in [0.3, 0.4) is 0 Å². The number of rotatable bonds is 6. The van der Waals surface area contributed by atoms with E-state index >= 15 is 0 Å². The number of nitrogens with zero attached hydrogens (tertiary/aromatic N) is 4. The molecule has 1 aromatic carbocycles. The highest BCUT2D eigenvalue weighted by Crippen LogP contribution is 2.34. The molecule has 0 N–H and O–H groups in total. The van der Waals surface area contributed by atoms with Gasteiger partial charge in [-0.3, -0.25) is 9.59 Å². The third-order valence-corrected chi connectivity index (χ3v) is 7.43. The Hall–Kier alpha value is -2.37. The lowest BCUT2D eigenvalue weighted by atomic mass is 10.1. The zero-order valence-corrected chi connectivity index (χ0v) is 18.5. The predicted octanol–water partition coefficient (Wildman–Crippen LogP) is 0.00730. The summed E-state index contributed by atoms with van der Waals surface area (Å²) in [6, 6.07) is 5.20. The molecular weight excluding hydrogens is 412 g/mol. The highest BCUT2D eigenvalue weighted by atomic mass is 32.2. The Kier molecular flexibility index (Phi) is 6.53. The minimum atomic E-state index is -3.49. The molecule has 0 spiro atoms. The van der Waals surface area contributed by atoms with Crippen LogP contribution in [0.15, 0.2) is 18.2 Å². The number of anilines is 1. The second kappa shape index (κ2) is 8.78. The van der Waals surface area contributed by atoms with Crippen LogP contribution in [-0.2, 0) is 19.8 Å². The van der Waals surface area contributed by atoms with Gasteiger partial charge in [-0.15, -0.1) is 0 Å². The average Bonchev–Trinajstić information content (AvgIpc) is 3.14. The zero-order valence-electron chi connectivity index (χ0n) is 17.7. The van der Waals surface area contributed by atoms with Crippen molar-refractivity contribution in [1.29, 1.82) is 0 Å². The van der Waals surface area contributed by atoms with Crippen molar-refractivity contribution in [3.05, 3.63) is 18.2 Å². The zero-order chi connectivity index (χ0) is 22.1. The highest BCUT2D eigenvalue weighted by Gasteiger charge is 2.39. The van der Waals surface area contributed by atoms with E-state index in [-0.39, 0.29) is 37.9 Å². The molecule has 3 rings (SSSR count). The Bertz CT molecular complexity index is 912. The quantitative estimate of drug-likeness (QED) is 0.618. The number of benzene rings is 1. The van der Waals surface area contributed by atoms with Crippen LogP contribution in [-0.4, -0.2) is 94.8 Å². The van der Waals surface area contributed by atoms with Crippen LogP contribution in [0, 0.1) is 5.92 Å². The van der Waals surface area contributed by atoms with Gasteiger partial charge in [-0.25, -0.2) is 0 Å². The maximum absolute atomic E-state index is 13.0. The van der Waals surface area contributed by atoms with Gasteiger partial charge in [0, 0.05) is 65.0 Å². The topological polar surface area (TPSA) is 99.7 Å². The summed E-state index contributed by atoms with van der Waals surface area (Å²) < 4.78 is 37.5. The maximum atomic E-state index is 13.0. The van der Waals surface area contributed by atoms with Crippen LogP contribution in [0.25, 0.3) is 0 Å². The van der Waals surface area contributed by atoms with Crippen LogP contribution < -0.4 is 14.4 Å². The minimum Gasteiger partial charge on any atom is -0.493 e. The van der Waals surface area contributed by atoms with Crippen LogP contribution in [0.1, 0.15) is 6.42 Å². The number of hydrogen-bond acceptors (Lipinski definition) is 6. The number of carbonyl (C=O) groups is 2. The minimum absolute atomic E-state index is 0.117. The van der Waals surface area contributed by atoms with Crippen LogP contribution in [0.5, 0.6) is 11.5 Å². The Balaban J connectivity index is 1.65. The molecule has 0 saturated carbocycles. The molecule has 0 aliphatic carbocycles. The van der Waals surface area contributed by atoms with Crippen molar-refractivity contribution in [3.63, 3.8) is 0 Å². The maximum Gasteiger partial charge on any atom is 0.281 e. The van der Waals surface area contributed by atoms with E-state index < -0.39 is 16.1 Å². The Morgan fingerprint density at radius 2 is 1.70 bits per heavy atom. The van der Waals surface area contributed by atoms with Gasteiger partial charge < -0.3 is 19.3 Å². The van der Waals surface area contributed by atoms with Crippen molar-refractivity contribution >= 4 is 27.7 Å². The van der Waals surface area contributed by atoms with E-state index in [1.54, 1.807) is 28.0 Å². The Labute approximate surface area is 177 Å². The molecule has 2 fully saturated rings. The third-order valence-electron chi connectivity index (χ3n) is 5.49. The molecule has 30 heavy (non-hydrogen) atoms. The van der Waals surface area contributed by atoms with Crippen molar-refractivity contribution in [2.45, 2.75) is 6.42 Å². The Morgan fingerprint density at radius 1 is 1.07 bits per heavy atom. The summed E-state index contributed by atoms with van der Waals surface area (Å²) >= 11 is 0. The summed E-state index contributed by atoms with van der Waals surface area (Å²) in [7, 11) is 2.54. The molecule has 0 bridgehead atoms. The number of methoxy groups -OCH3 is 2. The van der Waals surface area contributed by atoms with E-state index in [2.05, 4.69) is 0 Å². The van der Waals surface area contributed by atoms with Crippen LogP contribution >= 0.6 is 0 Å². The number of amides is 2. The summed E-state index contributed by atoms with van der Waals surface area (Å²) in [5, 5.41) is 0. The Morgan fingerprint density at radius 3 is 2.27 bits per heavy atom. The van der Waals surface area contributed by atoms with Gasteiger partial charge in [0.05, 0.1) is 20.1 Å². The fourth-order valence-electron chi connectivity index (χ4n) is 3.74. The average molecular weight is 441 g/mol. The standard InChI is InChI=1S/C19H28N4O6S/c1-20(2)30(26,27)22-9-7-21(8-10-22)19(25)14-11-18(24)23(13-14)15-5-6-16(28-3)17(12-15)29-4/h5-6,12,14H,7-11,13H2,1-4H3. The second-order valence-corrected chi connectivity index (χ2v) is 9.60. The summed E-state index contributed by atoms with van der Waals surface area (Å²) in [5.41, 5.74) is 0.648. The van der Waals surface area contributed by atoms with Crippen molar-refractivity contribution in [2.24, 2.45) is 5.92 Å². The molecular formula is C19H28N4O6S. The molecule has 1 unspecified atom stereocenters. The van der Waals surface area contributed by atoms with Gasteiger partial charge in [-0.1, -0.05) is 0 Å². The summed E-state index contributed by atoms with van der Waals surface area (Å²) in [4.78, 5) is 28.8. The second-order valence-electron chi connectivity index (χ2n) is 7.46. The molecule has 11 heteroatoms. The summed E-state index contributed by atoms with van der Waals surface area (Å²) in [5.74, 6) is 0.368. The third kappa shape index (κ3) is 4.23. The predicted molar refractivity (Wildman–Crippen MR) is 111 cm³/mol. The summed E-state index contributed by atoms with van der Waals surface area (Å²) in [6.07, 6.45) is 0.128. The lowest BCUT2D eigenvalue weighted by Gasteiger charge is -2.36. The van der Waals surface area contributed by atoms with Crippen molar-refractivity contribution in [3.8, 4) is 11.5 Å². The van der Waals surface area contributed by atoms with Gasteiger partial charge in [0.1, 0.15) is 0 Å². The molecule has 2 amide bonds. The van der Waals surface area contributed by atoms with Crippen LogP contribution in [0.2, 0.25) is 0 Å². The highest BCUT2D eigenvalue weighted by molar-refractivity contribution is 7.86. The smallest absolute Gasteiger partial charge is 0.281 e. The van der Waals surface area contributed by atoms with E-state index in [1.807, 2.05) is 0 Å². The van der Waals surface area contributed by atoms with Crippen molar-refractivity contribution in [2.75, 3.05) is 65.9 Å². The molecule has 0 radical (unpaired) electrons. The number of hydrogen-bond donors (Lipinski definition) is 0. The number of carbonyl (C=O) groups excluding carboxylic acids is 2. The van der Waals surface area contributed by atoms with Gasteiger partial charge in [-0.2, -0.15) is 17.0 Å². The largest absolute Gasteiger partial charge is 0.493 e. The van der Waals surface area contributed by atoms with Crippen LogP contribution in [0.4, 0.5) is 5.69 Å². The number of piperazine rings is 1. The van der Waals surface area contributed by atoms with Gasteiger partial charge in [0.25, 0.3) is 10.2 Å². The fourth-order valence-corrected chi connectivity index (χ4v) is 4.83. The van der Waals surface area contributed by atoms with E-state index in [4.69, 9.17) is 9.47 Å². The van der Waals surface area contributed by atoms with Gasteiger partial charge in [0.2, 0.25) is 11.8 Å². The molecule has 10 nitrogen and oxygen atoms in total. The molecule has 1 aromatic rings. The van der Waals surface area contributed by atoms with Crippen molar-refractivity contribution < 1.29 is 27.5 Å². The lowest BCUT2D eigenvalue weighted by molar-refractivity contribution is -0.137. The number of ether oxygens (including phenoxy) is 2. The van der Waals surface area contributed by atoms with Gasteiger partial charge in [0.15, 0.2) is 11.5 Å². The molecule has 2 saturated heterocycles. The van der Waals surface area contributed by atoms with E-state index in [9.17, 15) is 18.0 Å².